The number of benzene rings is 2. The first kappa shape index (κ1) is 22.9. The van der Waals surface area contributed by atoms with E-state index in [0.29, 0.717) is 35.6 Å². The lowest BCUT2D eigenvalue weighted by molar-refractivity contribution is 0.131. The highest BCUT2D eigenvalue weighted by Crippen LogP contribution is 2.41. The van der Waals surface area contributed by atoms with Crippen LogP contribution in [0, 0.1) is 0 Å². The summed E-state index contributed by atoms with van der Waals surface area (Å²) in [6.07, 6.45) is -0.589. The molecule has 2 aromatic carbocycles. The summed E-state index contributed by atoms with van der Waals surface area (Å²) in [6.45, 7) is 5.72. The second-order valence-electron chi connectivity index (χ2n) is 8.94. The zero-order valence-electron chi connectivity index (χ0n) is 18.6. The molecule has 33 heavy (non-hydrogen) atoms. The molecule has 0 aliphatic carbocycles. The predicted molar refractivity (Wildman–Crippen MR) is 123 cm³/mol. The Bertz CT molecular complexity index is 1230. The van der Waals surface area contributed by atoms with E-state index in [2.05, 4.69) is 14.7 Å². The maximum atomic E-state index is 13.1. The summed E-state index contributed by atoms with van der Waals surface area (Å²) in [6, 6.07) is 11.6. The summed E-state index contributed by atoms with van der Waals surface area (Å²) < 4.78 is 40.2. The van der Waals surface area contributed by atoms with Crippen LogP contribution in [0.5, 0.6) is 5.75 Å². The first-order valence-electron chi connectivity index (χ1n) is 10.5. The monoisotopic (exact) mass is 471 g/mol. The van der Waals surface area contributed by atoms with Crippen LogP contribution in [0.25, 0.3) is 21.6 Å². The normalized spacial score (nSPS) is 20.1. The van der Waals surface area contributed by atoms with Gasteiger partial charge in [0.05, 0.1) is 29.8 Å². The zero-order valence-corrected chi connectivity index (χ0v) is 19.4. The summed E-state index contributed by atoms with van der Waals surface area (Å²) in [5.41, 5.74) is 9.67. The van der Waals surface area contributed by atoms with E-state index in [-0.39, 0.29) is 17.5 Å². The Hall–Kier alpha value is -3.27. The average Bonchev–Trinajstić information content (AvgIpc) is 2.93. The van der Waals surface area contributed by atoms with Gasteiger partial charge < -0.3 is 9.47 Å². The standard InChI is InChI=1S/C22H25N5O5S/c1-22(2,3)25-33(29,30)20-7-5-4-6-15(20)14-8-9-16-18(12-14)31-11-10-17-19(13-24-26-23)32-21(28)27(16)17/h4-9,12,17,19,25H,10-11,13H2,1-3H3/t17-,19-/m0/s1. The summed E-state index contributed by atoms with van der Waals surface area (Å²) in [5.74, 6) is 0.451. The van der Waals surface area contributed by atoms with Crippen molar-refractivity contribution in [2.24, 2.45) is 5.11 Å². The summed E-state index contributed by atoms with van der Waals surface area (Å²) in [5, 5.41) is 3.55. The molecule has 11 heteroatoms. The number of hydrogen-bond acceptors (Lipinski definition) is 6. The van der Waals surface area contributed by atoms with E-state index >= 15 is 0 Å². The fourth-order valence-corrected chi connectivity index (χ4v) is 5.77. The molecular weight excluding hydrogens is 446 g/mol. The van der Waals surface area contributed by atoms with Crippen molar-refractivity contribution in [3.8, 4) is 16.9 Å². The third kappa shape index (κ3) is 4.61. The quantitative estimate of drug-likeness (QED) is 0.396. The van der Waals surface area contributed by atoms with Gasteiger partial charge in [0.15, 0.2) is 0 Å². The number of rotatable bonds is 5. The second-order valence-corrected chi connectivity index (χ2v) is 10.6. The summed E-state index contributed by atoms with van der Waals surface area (Å²) in [4.78, 5) is 17.0. The molecule has 0 bridgehead atoms. The van der Waals surface area contributed by atoms with E-state index < -0.39 is 27.8 Å². The third-order valence-electron chi connectivity index (χ3n) is 5.35. The van der Waals surface area contributed by atoms with Gasteiger partial charge in [-0.25, -0.2) is 17.9 Å². The minimum Gasteiger partial charge on any atom is -0.491 e. The molecule has 1 saturated heterocycles. The highest BCUT2D eigenvalue weighted by atomic mass is 32.2. The van der Waals surface area contributed by atoms with Gasteiger partial charge in [0.1, 0.15) is 11.9 Å². The van der Waals surface area contributed by atoms with Crippen LogP contribution in [-0.4, -0.2) is 45.3 Å². The van der Waals surface area contributed by atoms with E-state index in [1.54, 1.807) is 63.2 Å². The molecule has 0 saturated carbocycles. The van der Waals surface area contributed by atoms with Crippen molar-refractivity contribution in [1.82, 2.24) is 4.72 Å². The van der Waals surface area contributed by atoms with Gasteiger partial charge in [0.25, 0.3) is 0 Å². The van der Waals surface area contributed by atoms with Crippen LogP contribution in [0.1, 0.15) is 27.2 Å². The molecule has 2 aromatic rings. The van der Waals surface area contributed by atoms with Crippen molar-refractivity contribution < 1.29 is 22.7 Å². The highest BCUT2D eigenvalue weighted by molar-refractivity contribution is 7.89. The molecule has 0 spiro atoms. The van der Waals surface area contributed by atoms with Gasteiger partial charge in [-0.2, -0.15) is 0 Å². The number of carbonyl (C=O) groups excluding carboxylic acids is 1. The van der Waals surface area contributed by atoms with Crippen LogP contribution >= 0.6 is 0 Å². The number of carbonyl (C=O) groups is 1. The van der Waals surface area contributed by atoms with Crippen LogP contribution in [0.15, 0.2) is 52.5 Å². The van der Waals surface area contributed by atoms with Crippen molar-refractivity contribution in [3.63, 3.8) is 0 Å². The van der Waals surface area contributed by atoms with Gasteiger partial charge >= 0.3 is 6.09 Å². The highest BCUT2D eigenvalue weighted by Gasteiger charge is 2.44. The number of fused-ring (bicyclic) bond motifs is 3. The average molecular weight is 472 g/mol. The lowest BCUT2D eigenvalue weighted by Gasteiger charge is -2.23. The van der Waals surface area contributed by atoms with Crippen LogP contribution in [0.2, 0.25) is 0 Å². The summed E-state index contributed by atoms with van der Waals surface area (Å²) >= 11 is 0. The fourth-order valence-electron chi connectivity index (χ4n) is 4.12. The maximum Gasteiger partial charge on any atom is 0.415 e. The lowest BCUT2D eigenvalue weighted by atomic mass is 10.0. The molecule has 2 atom stereocenters. The molecule has 4 rings (SSSR count). The van der Waals surface area contributed by atoms with E-state index in [1.165, 1.54) is 4.90 Å². The number of azide groups is 1. The molecule has 10 nitrogen and oxygen atoms in total. The summed E-state index contributed by atoms with van der Waals surface area (Å²) in [7, 11) is -3.78. The zero-order chi connectivity index (χ0) is 23.8. The number of sulfonamides is 1. The third-order valence-corrected chi connectivity index (χ3v) is 7.17. The van der Waals surface area contributed by atoms with Gasteiger partial charge in [0, 0.05) is 22.4 Å². The van der Waals surface area contributed by atoms with Crippen molar-refractivity contribution >= 4 is 21.8 Å². The SMILES string of the molecule is CC(C)(C)NS(=O)(=O)c1ccccc1-c1ccc2c(c1)OCC[C@H]1[C@H](CN=[N+]=[N-])OC(=O)N21. The Balaban J connectivity index is 1.74. The van der Waals surface area contributed by atoms with E-state index in [4.69, 9.17) is 15.0 Å². The van der Waals surface area contributed by atoms with Crippen LogP contribution in [0.4, 0.5) is 10.5 Å². The van der Waals surface area contributed by atoms with E-state index in [1.807, 2.05) is 0 Å². The van der Waals surface area contributed by atoms with Crippen LogP contribution in [0.3, 0.4) is 0 Å². The number of amides is 1. The van der Waals surface area contributed by atoms with Gasteiger partial charge in [-0.05, 0) is 50.1 Å². The molecule has 0 aromatic heterocycles. The maximum absolute atomic E-state index is 13.1. The Morgan fingerprint density at radius 2 is 2.00 bits per heavy atom. The number of nitrogens with one attached hydrogen (secondary N) is 1. The van der Waals surface area contributed by atoms with Crippen LogP contribution in [-0.2, 0) is 14.8 Å². The molecule has 2 heterocycles. The van der Waals surface area contributed by atoms with E-state index in [0.717, 1.165) is 0 Å². The largest absolute Gasteiger partial charge is 0.491 e. The molecule has 2 aliphatic heterocycles. The molecule has 1 N–H and O–H groups in total. The van der Waals surface area contributed by atoms with Crippen molar-refractivity contribution in [1.29, 1.82) is 0 Å². The second kappa shape index (κ2) is 8.58. The molecule has 2 aliphatic rings. The number of anilines is 1. The molecule has 0 radical (unpaired) electrons. The minimum atomic E-state index is -3.78. The Morgan fingerprint density at radius 1 is 1.24 bits per heavy atom. The van der Waals surface area contributed by atoms with Gasteiger partial charge in [0.2, 0.25) is 10.0 Å². The molecular formula is C22H25N5O5S. The van der Waals surface area contributed by atoms with Gasteiger partial charge in [-0.3, -0.25) is 4.90 Å². The minimum absolute atomic E-state index is 0.0445. The Morgan fingerprint density at radius 3 is 2.73 bits per heavy atom. The smallest absolute Gasteiger partial charge is 0.415 e. The number of ether oxygens (including phenoxy) is 2. The molecule has 174 valence electrons. The Kier molecular flexibility index (Phi) is 5.96. The number of nitrogens with zero attached hydrogens (tertiary/aromatic N) is 4. The van der Waals surface area contributed by atoms with Gasteiger partial charge in [-0.15, -0.1) is 0 Å². The number of cyclic esters (lactones) is 1. The van der Waals surface area contributed by atoms with Crippen molar-refractivity contribution in [3.05, 3.63) is 52.9 Å². The Labute approximate surface area is 192 Å². The molecule has 0 unspecified atom stereocenters. The van der Waals surface area contributed by atoms with Crippen molar-refractivity contribution in [2.75, 3.05) is 18.1 Å². The molecule has 1 amide bonds. The topological polar surface area (TPSA) is 134 Å². The van der Waals surface area contributed by atoms with Gasteiger partial charge in [-0.1, -0.05) is 29.4 Å². The lowest BCUT2D eigenvalue weighted by Crippen LogP contribution is -2.40. The van der Waals surface area contributed by atoms with E-state index in [9.17, 15) is 13.2 Å². The number of hydrogen-bond donors (Lipinski definition) is 1. The van der Waals surface area contributed by atoms with Crippen molar-refractivity contribution in [2.45, 2.75) is 49.8 Å². The molecule has 1 fully saturated rings. The van der Waals surface area contributed by atoms with Crippen LogP contribution < -0.4 is 14.4 Å². The fraction of sp³-hybridized carbons (Fsp3) is 0.409. The predicted octanol–water partition coefficient (Wildman–Crippen LogP) is 4.22. The first-order valence-corrected chi connectivity index (χ1v) is 12.0. The first-order chi connectivity index (χ1) is 15.6.